The highest BCUT2D eigenvalue weighted by atomic mass is 16.5. The number of carbonyl (C=O) groups is 1. The minimum atomic E-state index is -0.358. The molecule has 0 radical (unpaired) electrons. The van der Waals surface area contributed by atoms with Crippen molar-refractivity contribution in [2.75, 3.05) is 13.7 Å². The fourth-order valence-electron chi connectivity index (χ4n) is 2.66. The zero-order valence-corrected chi connectivity index (χ0v) is 17.0. The average Bonchev–Trinajstić information content (AvgIpc) is 2.81. The Kier molecular flexibility index (Phi) is 7.44. The molecule has 0 bridgehead atoms. The third-order valence-corrected chi connectivity index (χ3v) is 4.30. The van der Waals surface area contributed by atoms with Crippen LogP contribution in [0.4, 0.5) is 0 Å². The van der Waals surface area contributed by atoms with Crippen molar-refractivity contribution in [3.63, 3.8) is 0 Å². The third-order valence-electron chi connectivity index (χ3n) is 4.30. The summed E-state index contributed by atoms with van der Waals surface area (Å²) >= 11 is 0. The summed E-state index contributed by atoms with van der Waals surface area (Å²) in [5.41, 5.74) is 5.17. The highest BCUT2D eigenvalue weighted by molar-refractivity contribution is 5.99. The number of carbonyl (C=O) groups excluding carboxylic acids is 1. The van der Waals surface area contributed by atoms with E-state index in [0.29, 0.717) is 23.8 Å². The molecule has 0 atom stereocenters. The maximum absolute atomic E-state index is 12.0. The van der Waals surface area contributed by atoms with E-state index in [9.17, 15) is 4.79 Å². The number of benzene rings is 3. The lowest BCUT2D eigenvalue weighted by Crippen LogP contribution is -2.25. The molecule has 0 aliphatic heterocycles. The normalized spacial score (nSPS) is 10.9. The molecule has 0 spiro atoms. The highest BCUT2D eigenvalue weighted by Crippen LogP contribution is 2.25. The van der Waals surface area contributed by atoms with Crippen molar-refractivity contribution >= 4 is 11.6 Å². The first-order valence-electron chi connectivity index (χ1n) is 9.52. The number of hydrogen-bond donors (Lipinski definition) is 1. The monoisotopic (exact) mass is 404 g/mol. The van der Waals surface area contributed by atoms with E-state index < -0.39 is 0 Å². The van der Waals surface area contributed by atoms with Crippen LogP contribution in [0.5, 0.6) is 17.2 Å². The van der Waals surface area contributed by atoms with Crippen LogP contribution in [0.2, 0.25) is 0 Å². The summed E-state index contributed by atoms with van der Waals surface area (Å²) in [5.74, 6) is 1.48. The van der Waals surface area contributed by atoms with Crippen LogP contribution in [-0.2, 0) is 11.4 Å². The van der Waals surface area contributed by atoms with Crippen LogP contribution < -0.4 is 19.6 Å². The molecule has 1 N–H and O–H groups in total. The van der Waals surface area contributed by atoms with Crippen molar-refractivity contribution in [2.24, 2.45) is 5.10 Å². The van der Waals surface area contributed by atoms with Crippen LogP contribution in [0.1, 0.15) is 18.1 Å². The number of ether oxygens (including phenoxy) is 3. The van der Waals surface area contributed by atoms with E-state index in [0.717, 1.165) is 16.9 Å². The Morgan fingerprint density at radius 2 is 1.53 bits per heavy atom. The van der Waals surface area contributed by atoms with Gasteiger partial charge in [0.2, 0.25) is 0 Å². The Morgan fingerprint density at radius 3 is 2.23 bits per heavy atom. The van der Waals surface area contributed by atoms with Gasteiger partial charge in [-0.15, -0.1) is 0 Å². The van der Waals surface area contributed by atoms with Gasteiger partial charge in [-0.05, 0) is 54.4 Å². The lowest BCUT2D eigenvalue weighted by atomic mass is 10.1. The molecule has 0 aromatic heterocycles. The number of hydrazone groups is 1. The molecule has 0 saturated carbocycles. The molecule has 154 valence electrons. The van der Waals surface area contributed by atoms with Crippen molar-refractivity contribution in [1.82, 2.24) is 5.43 Å². The van der Waals surface area contributed by atoms with E-state index in [4.69, 9.17) is 14.2 Å². The molecule has 0 aliphatic carbocycles. The number of nitrogens with zero attached hydrogens (tertiary/aromatic N) is 1. The third kappa shape index (κ3) is 6.10. The predicted molar refractivity (Wildman–Crippen MR) is 116 cm³/mol. The van der Waals surface area contributed by atoms with Crippen LogP contribution in [0, 0.1) is 0 Å². The van der Waals surface area contributed by atoms with Gasteiger partial charge in [0.15, 0.2) is 18.1 Å². The van der Waals surface area contributed by atoms with Gasteiger partial charge < -0.3 is 14.2 Å². The Labute approximate surface area is 176 Å². The Balaban J connectivity index is 1.49. The van der Waals surface area contributed by atoms with Crippen molar-refractivity contribution in [3.8, 4) is 17.2 Å². The summed E-state index contributed by atoms with van der Waals surface area (Å²) in [4.78, 5) is 12.0. The number of para-hydroxylation sites is 2. The number of methoxy groups -OCH3 is 1. The van der Waals surface area contributed by atoms with E-state index in [1.54, 1.807) is 19.2 Å². The summed E-state index contributed by atoms with van der Waals surface area (Å²) in [6.45, 7) is 2.17. The molecule has 6 nitrogen and oxygen atoms in total. The lowest BCUT2D eigenvalue weighted by molar-refractivity contribution is -0.123. The second-order valence-electron chi connectivity index (χ2n) is 6.47. The second-order valence-corrected chi connectivity index (χ2v) is 6.47. The van der Waals surface area contributed by atoms with E-state index in [-0.39, 0.29) is 12.5 Å². The molecule has 0 heterocycles. The molecule has 0 aliphatic rings. The Hall–Kier alpha value is -3.80. The van der Waals surface area contributed by atoms with Crippen LogP contribution in [0.15, 0.2) is 84.0 Å². The van der Waals surface area contributed by atoms with Gasteiger partial charge in [0.25, 0.3) is 5.91 Å². The average molecular weight is 404 g/mol. The maximum atomic E-state index is 12.0. The van der Waals surface area contributed by atoms with E-state index in [1.807, 2.05) is 73.7 Å². The van der Waals surface area contributed by atoms with E-state index in [2.05, 4.69) is 10.5 Å². The summed E-state index contributed by atoms with van der Waals surface area (Å²) in [7, 11) is 1.55. The molecule has 30 heavy (non-hydrogen) atoms. The van der Waals surface area contributed by atoms with Crippen molar-refractivity contribution < 1.29 is 19.0 Å². The number of amides is 1. The first-order valence-corrected chi connectivity index (χ1v) is 9.52. The van der Waals surface area contributed by atoms with Gasteiger partial charge in [-0.25, -0.2) is 5.43 Å². The SMILES string of the molecule is COc1ccccc1OCC(=O)N/N=C(/C)c1ccc(OCc2ccccc2)cc1. The predicted octanol–water partition coefficient (Wildman–Crippen LogP) is 4.19. The van der Waals surface area contributed by atoms with Gasteiger partial charge in [-0.2, -0.15) is 5.10 Å². The minimum absolute atomic E-state index is 0.163. The summed E-state index contributed by atoms with van der Waals surface area (Å²) < 4.78 is 16.5. The molecule has 6 heteroatoms. The van der Waals surface area contributed by atoms with Gasteiger partial charge >= 0.3 is 0 Å². The summed E-state index contributed by atoms with van der Waals surface area (Å²) in [6.07, 6.45) is 0. The van der Waals surface area contributed by atoms with E-state index in [1.165, 1.54) is 0 Å². The van der Waals surface area contributed by atoms with E-state index >= 15 is 0 Å². The lowest BCUT2D eigenvalue weighted by Gasteiger charge is -2.09. The van der Waals surface area contributed by atoms with Gasteiger partial charge in [0.1, 0.15) is 12.4 Å². The molecular weight excluding hydrogens is 380 g/mol. The first kappa shape index (κ1) is 20.9. The van der Waals surface area contributed by atoms with Crippen LogP contribution >= 0.6 is 0 Å². The van der Waals surface area contributed by atoms with Crippen LogP contribution in [0.3, 0.4) is 0 Å². The standard InChI is InChI=1S/C24H24N2O4/c1-18(25-26-24(27)17-30-23-11-7-6-10-22(23)28-2)20-12-14-21(15-13-20)29-16-19-8-4-3-5-9-19/h3-15H,16-17H2,1-2H3,(H,26,27)/b25-18-. The molecule has 1 amide bonds. The largest absolute Gasteiger partial charge is 0.493 e. The fourth-order valence-corrected chi connectivity index (χ4v) is 2.66. The minimum Gasteiger partial charge on any atom is -0.493 e. The zero-order chi connectivity index (χ0) is 21.2. The molecule has 3 aromatic rings. The molecule has 0 fully saturated rings. The van der Waals surface area contributed by atoms with Crippen molar-refractivity contribution in [1.29, 1.82) is 0 Å². The van der Waals surface area contributed by atoms with Gasteiger partial charge in [0.05, 0.1) is 12.8 Å². The number of rotatable bonds is 9. The molecule has 3 rings (SSSR count). The zero-order valence-electron chi connectivity index (χ0n) is 17.0. The number of hydrogen-bond acceptors (Lipinski definition) is 5. The first-order chi connectivity index (χ1) is 14.7. The molecular formula is C24H24N2O4. The van der Waals surface area contributed by atoms with Crippen LogP contribution in [-0.4, -0.2) is 25.3 Å². The molecule has 0 unspecified atom stereocenters. The fraction of sp³-hybridized carbons (Fsp3) is 0.167. The van der Waals surface area contributed by atoms with Crippen molar-refractivity contribution in [3.05, 3.63) is 90.0 Å². The number of nitrogens with one attached hydrogen (secondary N) is 1. The van der Waals surface area contributed by atoms with Crippen molar-refractivity contribution in [2.45, 2.75) is 13.5 Å². The molecule has 3 aromatic carbocycles. The van der Waals surface area contributed by atoms with Crippen LogP contribution in [0.25, 0.3) is 0 Å². The van der Waals surface area contributed by atoms with Gasteiger partial charge in [0, 0.05) is 0 Å². The molecule has 0 saturated heterocycles. The van der Waals surface area contributed by atoms with Gasteiger partial charge in [-0.3, -0.25) is 4.79 Å². The quantitative estimate of drug-likeness (QED) is 0.429. The van der Waals surface area contributed by atoms with Gasteiger partial charge in [-0.1, -0.05) is 42.5 Å². The Morgan fingerprint density at radius 1 is 0.867 bits per heavy atom. The topological polar surface area (TPSA) is 69.2 Å². The summed E-state index contributed by atoms with van der Waals surface area (Å²) in [5, 5.41) is 4.14. The Bertz CT molecular complexity index is 986. The highest BCUT2D eigenvalue weighted by Gasteiger charge is 2.07. The summed E-state index contributed by atoms with van der Waals surface area (Å²) in [6, 6.07) is 24.7. The second kappa shape index (κ2) is 10.7. The maximum Gasteiger partial charge on any atom is 0.277 e. The smallest absolute Gasteiger partial charge is 0.277 e.